The number of rotatable bonds is 8. The molecule has 0 fully saturated rings. The second-order valence-electron chi connectivity index (χ2n) is 5.81. The minimum atomic E-state index is -0.191. The SMILES string of the molecule is CCOC(=O)CSCc1cn(-c2ccccc2)nc1-c1ccc(OC)cc1. The van der Waals surface area contributed by atoms with Crippen LogP contribution in [0.3, 0.4) is 0 Å². The Labute approximate surface area is 163 Å². The largest absolute Gasteiger partial charge is 0.497 e. The van der Waals surface area contributed by atoms with Crippen molar-refractivity contribution in [3.05, 3.63) is 66.4 Å². The lowest BCUT2D eigenvalue weighted by Crippen LogP contribution is -2.06. The molecule has 0 saturated carbocycles. The predicted molar refractivity (Wildman–Crippen MR) is 108 cm³/mol. The van der Waals surface area contributed by atoms with Crippen molar-refractivity contribution in [2.24, 2.45) is 0 Å². The molecule has 2 aromatic carbocycles. The Morgan fingerprint density at radius 1 is 1.11 bits per heavy atom. The number of esters is 1. The number of thioether (sulfide) groups is 1. The maximum Gasteiger partial charge on any atom is 0.315 e. The Balaban J connectivity index is 1.86. The maximum absolute atomic E-state index is 11.6. The average Bonchev–Trinajstić information content (AvgIpc) is 3.13. The molecule has 0 aliphatic carbocycles. The van der Waals surface area contributed by atoms with Crippen LogP contribution in [0, 0.1) is 0 Å². The van der Waals surface area contributed by atoms with E-state index in [0.29, 0.717) is 18.1 Å². The number of hydrogen-bond donors (Lipinski definition) is 0. The first-order valence-corrected chi connectivity index (χ1v) is 9.88. The fraction of sp³-hybridized carbons (Fsp3) is 0.238. The van der Waals surface area contributed by atoms with Gasteiger partial charge in [0.05, 0.1) is 30.9 Å². The van der Waals surface area contributed by atoms with E-state index in [0.717, 1.165) is 28.3 Å². The lowest BCUT2D eigenvalue weighted by atomic mass is 10.1. The Hall–Kier alpha value is -2.73. The van der Waals surface area contributed by atoms with Crippen molar-refractivity contribution in [1.82, 2.24) is 9.78 Å². The first-order chi connectivity index (χ1) is 13.2. The highest BCUT2D eigenvalue weighted by Gasteiger charge is 2.13. The van der Waals surface area contributed by atoms with E-state index in [1.165, 1.54) is 11.8 Å². The standard InChI is InChI=1S/C21H22N2O3S/c1-3-26-20(24)15-27-14-17-13-23(18-7-5-4-6-8-18)22-21(17)16-9-11-19(25-2)12-10-16/h4-13H,3,14-15H2,1-2H3. The Bertz CT molecular complexity index is 876. The molecule has 0 bridgehead atoms. The molecule has 3 rings (SSSR count). The number of benzene rings is 2. The molecule has 0 amide bonds. The zero-order valence-corrected chi connectivity index (χ0v) is 16.2. The molecule has 1 aromatic heterocycles. The third-order valence-electron chi connectivity index (χ3n) is 3.96. The summed E-state index contributed by atoms with van der Waals surface area (Å²) >= 11 is 1.53. The van der Waals surface area contributed by atoms with Crippen molar-refractivity contribution in [3.8, 4) is 22.7 Å². The number of nitrogens with zero attached hydrogens (tertiary/aromatic N) is 2. The van der Waals surface area contributed by atoms with Crippen LogP contribution in [0.15, 0.2) is 60.8 Å². The average molecular weight is 382 g/mol. The normalized spacial score (nSPS) is 10.6. The van der Waals surface area contributed by atoms with Crippen LogP contribution in [0.5, 0.6) is 5.75 Å². The minimum Gasteiger partial charge on any atom is -0.497 e. The Morgan fingerprint density at radius 3 is 2.52 bits per heavy atom. The maximum atomic E-state index is 11.6. The van der Waals surface area contributed by atoms with Crippen molar-refractivity contribution in [2.75, 3.05) is 19.5 Å². The number of methoxy groups -OCH3 is 1. The molecule has 0 saturated heterocycles. The number of hydrogen-bond acceptors (Lipinski definition) is 5. The van der Waals surface area contributed by atoms with Crippen LogP contribution in [0.2, 0.25) is 0 Å². The molecule has 140 valence electrons. The lowest BCUT2D eigenvalue weighted by Gasteiger charge is -2.04. The van der Waals surface area contributed by atoms with Gasteiger partial charge in [-0.05, 0) is 43.3 Å². The lowest BCUT2D eigenvalue weighted by molar-refractivity contribution is -0.139. The highest BCUT2D eigenvalue weighted by Crippen LogP contribution is 2.28. The van der Waals surface area contributed by atoms with E-state index >= 15 is 0 Å². The van der Waals surface area contributed by atoms with Crippen LogP contribution in [-0.2, 0) is 15.3 Å². The third-order valence-corrected chi connectivity index (χ3v) is 4.91. The topological polar surface area (TPSA) is 53.4 Å². The number of carbonyl (C=O) groups is 1. The van der Waals surface area contributed by atoms with E-state index in [9.17, 15) is 4.79 Å². The van der Waals surface area contributed by atoms with Crippen molar-refractivity contribution >= 4 is 17.7 Å². The van der Waals surface area contributed by atoms with Crippen molar-refractivity contribution in [1.29, 1.82) is 0 Å². The third kappa shape index (κ3) is 4.92. The first kappa shape index (κ1) is 19.0. The van der Waals surface area contributed by atoms with E-state index in [1.807, 2.05) is 72.4 Å². The van der Waals surface area contributed by atoms with Gasteiger partial charge in [-0.3, -0.25) is 4.79 Å². The molecule has 0 atom stereocenters. The molecule has 0 spiro atoms. The van der Waals surface area contributed by atoms with Crippen LogP contribution in [0.1, 0.15) is 12.5 Å². The zero-order valence-electron chi connectivity index (χ0n) is 15.4. The second-order valence-corrected chi connectivity index (χ2v) is 6.79. The van der Waals surface area contributed by atoms with E-state index in [4.69, 9.17) is 14.6 Å². The molecule has 27 heavy (non-hydrogen) atoms. The molecule has 1 heterocycles. The molecule has 0 aliphatic heterocycles. The van der Waals surface area contributed by atoms with Gasteiger partial charge in [0, 0.05) is 23.1 Å². The summed E-state index contributed by atoms with van der Waals surface area (Å²) < 4.78 is 12.1. The molecule has 0 N–H and O–H groups in total. The van der Waals surface area contributed by atoms with Crippen LogP contribution in [-0.4, -0.2) is 35.2 Å². The molecule has 5 nitrogen and oxygen atoms in total. The quantitative estimate of drug-likeness (QED) is 0.542. The highest BCUT2D eigenvalue weighted by atomic mass is 32.2. The van der Waals surface area contributed by atoms with Gasteiger partial charge in [-0.15, -0.1) is 11.8 Å². The predicted octanol–water partition coefficient (Wildman–Crippen LogP) is 4.34. The number of para-hydroxylation sites is 1. The fourth-order valence-electron chi connectivity index (χ4n) is 2.67. The van der Waals surface area contributed by atoms with Gasteiger partial charge in [0.1, 0.15) is 5.75 Å². The van der Waals surface area contributed by atoms with E-state index in [1.54, 1.807) is 7.11 Å². The number of aromatic nitrogens is 2. The second kappa shape index (κ2) is 9.28. The van der Waals surface area contributed by atoms with Gasteiger partial charge >= 0.3 is 5.97 Å². The number of ether oxygens (including phenoxy) is 2. The summed E-state index contributed by atoms with van der Waals surface area (Å²) in [4.78, 5) is 11.6. The van der Waals surface area contributed by atoms with Gasteiger partial charge in [0.25, 0.3) is 0 Å². The van der Waals surface area contributed by atoms with Crippen LogP contribution < -0.4 is 4.74 Å². The summed E-state index contributed by atoms with van der Waals surface area (Å²) in [7, 11) is 1.65. The minimum absolute atomic E-state index is 0.191. The summed E-state index contributed by atoms with van der Waals surface area (Å²) in [6.45, 7) is 2.22. The molecule has 0 unspecified atom stereocenters. The van der Waals surface area contributed by atoms with Crippen LogP contribution in [0.4, 0.5) is 0 Å². The van der Waals surface area contributed by atoms with Gasteiger partial charge in [0.2, 0.25) is 0 Å². The van der Waals surface area contributed by atoms with E-state index < -0.39 is 0 Å². The molecule has 6 heteroatoms. The summed E-state index contributed by atoms with van der Waals surface area (Å²) in [6, 6.07) is 17.8. The van der Waals surface area contributed by atoms with Gasteiger partial charge in [0.15, 0.2) is 0 Å². The van der Waals surface area contributed by atoms with Crippen molar-refractivity contribution in [3.63, 3.8) is 0 Å². The van der Waals surface area contributed by atoms with Gasteiger partial charge < -0.3 is 9.47 Å². The fourth-order valence-corrected chi connectivity index (χ4v) is 3.45. The molecule has 0 radical (unpaired) electrons. The van der Waals surface area contributed by atoms with Gasteiger partial charge in [-0.1, -0.05) is 18.2 Å². The van der Waals surface area contributed by atoms with Crippen LogP contribution >= 0.6 is 11.8 Å². The van der Waals surface area contributed by atoms with Gasteiger partial charge in [-0.2, -0.15) is 5.10 Å². The van der Waals surface area contributed by atoms with E-state index in [2.05, 4.69) is 0 Å². The number of carbonyl (C=O) groups excluding carboxylic acids is 1. The zero-order chi connectivity index (χ0) is 19.1. The molecule has 3 aromatic rings. The summed E-state index contributed by atoms with van der Waals surface area (Å²) in [5, 5.41) is 4.79. The van der Waals surface area contributed by atoms with Crippen molar-refractivity contribution in [2.45, 2.75) is 12.7 Å². The summed E-state index contributed by atoms with van der Waals surface area (Å²) in [5.74, 6) is 1.61. The summed E-state index contributed by atoms with van der Waals surface area (Å²) in [6.07, 6.45) is 2.02. The Kier molecular flexibility index (Phi) is 6.54. The van der Waals surface area contributed by atoms with E-state index in [-0.39, 0.29) is 5.97 Å². The Morgan fingerprint density at radius 2 is 1.85 bits per heavy atom. The first-order valence-electron chi connectivity index (χ1n) is 8.73. The summed E-state index contributed by atoms with van der Waals surface area (Å²) in [5.41, 5.74) is 3.97. The monoisotopic (exact) mass is 382 g/mol. The molecular weight excluding hydrogens is 360 g/mol. The smallest absolute Gasteiger partial charge is 0.315 e. The van der Waals surface area contributed by atoms with Gasteiger partial charge in [-0.25, -0.2) is 4.68 Å². The highest BCUT2D eigenvalue weighted by molar-refractivity contribution is 7.99. The molecular formula is C21H22N2O3S. The molecule has 0 aliphatic rings. The van der Waals surface area contributed by atoms with Crippen molar-refractivity contribution < 1.29 is 14.3 Å². The van der Waals surface area contributed by atoms with Crippen LogP contribution in [0.25, 0.3) is 16.9 Å².